The molecule has 1 aromatic rings. The van der Waals surface area contributed by atoms with Gasteiger partial charge in [-0.05, 0) is 18.2 Å². The number of carbonyl (C=O) groups excluding carboxylic acids is 1. The predicted molar refractivity (Wildman–Crippen MR) is 94.4 cm³/mol. The number of para-hydroxylation sites is 1. The summed E-state index contributed by atoms with van der Waals surface area (Å²) >= 11 is 6.14. The molecule has 124 valence electrons. The van der Waals surface area contributed by atoms with Crippen LogP contribution in [0.15, 0.2) is 41.3 Å². The van der Waals surface area contributed by atoms with Gasteiger partial charge in [0, 0.05) is 12.6 Å². The van der Waals surface area contributed by atoms with Crippen LogP contribution in [0, 0.1) is 10.1 Å². The van der Waals surface area contributed by atoms with Crippen LogP contribution in [0.5, 0.6) is 0 Å². The number of benzene rings is 1. The predicted octanol–water partition coefficient (Wildman–Crippen LogP) is 2.83. The van der Waals surface area contributed by atoms with Crippen molar-refractivity contribution in [1.29, 1.82) is 0 Å². The number of nitro groups is 1. The van der Waals surface area contributed by atoms with Crippen LogP contribution in [0.4, 0.5) is 5.69 Å². The molecule has 1 aliphatic rings. The van der Waals surface area contributed by atoms with Gasteiger partial charge in [0.15, 0.2) is 0 Å². The minimum absolute atomic E-state index is 0.0191. The Hall–Kier alpha value is -2.52. The lowest BCUT2D eigenvalue weighted by Crippen LogP contribution is -2.30. The number of rotatable bonds is 6. The third-order valence-electron chi connectivity index (χ3n) is 3.08. The molecule has 0 bridgehead atoms. The van der Waals surface area contributed by atoms with E-state index in [1.807, 2.05) is 0 Å². The van der Waals surface area contributed by atoms with Gasteiger partial charge in [-0.25, -0.2) is 0 Å². The molecular formula is C15H12N2O5S2. The third kappa shape index (κ3) is 4.27. The van der Waals surface area contributed by atoms with Crippen molar-refractivity contribution in [3.05, 3.63) is 57.0 Å². The van der Waals surface area contributed by atoms with Crippen LogP contribution in [0.1, 0.15) is 12.0 Å². The first-order valence-electron chi connectivity index (χ1n) is 6.77. The average Bonchev–Trinajstić information content (AvgIpc) is 2.79. The number of allylic oxidation sites excluding steroid dienone is 2. The molecule has 0 saturated carbocycles. The van der Waals surface area contributed by atoms with Crippen molar-refractivity contribution in [3.8, 4) is 0 Å². The number of nitrogens with zero attached hydrogens (tertiary/aromatic N) is 2. The normalized spacial score (nSPS) is 16.3. The Bertz CT molecular complexity index is 773. The molecule has 1 fully saturated rings. The number of carboxylic acid groups (broad SMARTS) is 1. The molecule has 0 atom stereocenters. The molecule has 0 aliphatic carbocycles. The van der Waals surface area contributed by atoms with Crippen LogP contribution < -0.4 is 0 Å². The van der Waals surface area contributed by atoms with E-state index in [-0.39, 0.29) is 24.6 Å². The van der Waals surface area contributed by atoms with E-state index in [0.717, 1.165) is 11.8 Å². The Morgan fingerprint density at radius 1 is 1.42 bits per heavy atom. The maximum absolute atomic E-state index is 12.2. The number of thioether (sulfide) groups is 1. The van der Waals surface area contributed by atoms with Crippen LogP contribution in [-0.4, -0.2) is 37.7 Å². The topological polar surface area (TPSA) is 101 Å². The molecule has 1 amide bonds. The summed E-state index contributed by atoms with van der Waals surface area (Å²) in [5.41, 5.74) is 0.385. The summed E-state index contributed by atoms with van der Waals surface area (Å²) in [5, 5.41) is 19.6. The Balaban J connectivity index is 2.13. The second-order valence-electron chi connectivity index (χ2n) is 4.67. The van der Waals surface area contributed by atoms with Crippen LogP contribution >= 0.6 is 24.0 Å². The Morgan fingerprint density at radius 2 is 2.12 bits per heavy atom. The molecule has 7 nitrogen and oxygen atoms in total. The van der Waals surface area contributed by atoms with Crippen LogP contribution in [0.3, 0.4) is 0 Å². The van der Waals surface area contributed by atoms with Crippen molar-refractivity contribution < 1.29 is 19.6 Å². The maximum Gasteiger partial charge on any atom is 0.305 e. The minimum Gasteiger partial charge on any atom is -0.481 e. The lowest BCUT2D eigenvalue weighted by Gasteiger charge is -2.12. The third-order valence-corrected chi connectivity index (χ3v) is 4.48. The highest BCUT2D eigenvalue weighted by molar-refractivity contribution is 8.26. The number of carbonyl (C=O) groups is 2. The molecule has 0 spiro atoms. The molecule has 2 rings (SSSR count). The Morgan fingerprint density at radius 3 is 2.79 bits per heavy atom. The second kappa shape index (κ2) is 7.84. The second-order valence-corrected chi connectivity index (χ2v) is 6.35. The van der Waals surface area contributed by atoms with Crippen molar-refractivity contribution in [1.82, 2.24) is 4.90 Å². The highest BCUT2D eigenvalue weighted by atomic mass is 32.2. The largest absolute Gasteiger partial charge is 0.481 e. The van der Waals surface area contributed by atoms with Gasteiger partial charge in [-0.1, -0.05) is 42.2 Å². The summed E-state index contributed by atoms with van der Waals surface area (Å²) < 4.78 is 0.298. The summed E-state index contributed by atoms with van der Waals surface area (Å²) in [7, 11) is 0. The molecule has 1 aliphatic heterocycles. The van der Waals surface area contributed by atoms with E-state index in [4.69, 9.17) is 17.3 Å². The fourth-order valence-electron chi connectivity index (χ4n) is 1.95. The zero-order valence-electron chi connectivity index (χ0n) is 12.2. The van der Waals surface area contributed by atoms with Gasteiger partial charge >= 0.3 is 5.97 Å². The quantitative estimate of drug-likeness (QED) is 0.358. The molecule has 1 N–H and O–H groups in total. The van der Waals surface area contributed by atoms with Crippen molar-refractivity contribution in [2.24, 2.45) is 0 Å². The van der Waals surface area contributed by atoms with Gasteiger partial charge in [-0.2, -0.15) is 0 Å². The number of nitro benzene ring substituents is 1. The molecule has 24 heavy (non-hydrogen) atoms. The summed E-state index contributed by atoms with van der Waals surface area (Å²) in [6, 6.07) is 6.24. The van der Waals surface area contributed by atoms with Gasteiger partial charge in [-0.3, -0.25) is 24.6 Å². The lowest BCUT2D eigenvalue weighted by molar-refractivity contribution is -0.385. The average molecular weight is 364 g/mol. The van der Waals surface area contributed by atoms with Crippen molar-refractivity contribution in [3.63, 3.8) is 0 Å². The zero-order valence-corrected chi connectivity index (χ0v) is 13.9. The molecule has 1 heterocycles. The standard InChI is InChI=1S/C15H12N2O5S2/c18-13(19)8-9-16-14(20)12(24-15(16)23)7-3-5-10-4-1-2-6-11(10)17(21)22/h1-7H,8-9H2,(H,18,19)/b5-3+,12-7+. The van der Waals surface area contributed by atoms with Gasteiger partial charge in [0.25, 0.3) is 11.6 Å². The highest BCUT2D eigenvalue weighted by Gasteiger charge is 2.31. The van der Waals surface area contributed by atoms with Crippen LogP contribution in [0.25, 0.3) is 6.08 Å². The fourth-order valence-corrected chi connectivity index (χ4v) is 3.21. The SMILES string of the molecule is O=C(O)CCN1C(=O)/C(=C\C=C\c2ccccc2[N+](=O)[O-])SC1=S. The van der Waals surface area contributed by atoms with E-state index in [2.05, 4.69) is 0 Å². The van der Waals surface area contributed by atoms with Crippen LogP contribution in [0.2, 0.25) is 0 Å². The number of carboxylic acids is 1. The van der Waals surface area contributed by atoms with E-state index >= 15 is 0 Å². The van der Waals surface area contributed by atoms with Gasteiger partial charge < -0.3 is 5.11 Å². The Kier molecular flexibility index (Phi) is 5.83. The van der Waals surface area contributed by atoms with Crippen LogP contribution in [-0.2, 0) is 9.59 Å². The smallest absolute Gasteiger partial charge is 0.305 e. The monoisotopic (exact) mass is 364 g/mol. The number of thiocarbonyl (C=S) groups is 1. The highest BCUT2D eigenvalue weighted by Crippen LogP contribution is 2.31. The van der Waals surface area contributed by atoms with E-state index in [1.54, 1.807) is 18.2 Å². The van der Waals surface area contributed by atoms with Crippen molar-refractivity contribution >= 4 is 51.9 Å². The van der Waals surface area contributed by atoms with Gasteiger partial charge in [0.05, 0.1) is 21.8 Å². The Labute approximate surface area is 146 Å². The summed E-state index contributed by atoms with van der Waals surface area (Å²) in [5.74, 6) is -1.37. The van der Waals surface area contributed by atoms with E-state index in [9.17, 15) is 19.7 Å². The number of aliphatic carboxylic acids is 1. The summed E-state index contributed by atoms with van der Waals surface area (Å²) in [6.07, 6.45) is 4.39. The van der Waals surface area contributed by atoms with Gasteiger partial charge in [0.1, 0.15) is 4.32 Å². The lowest BCUT2D eigenvalue weighted by atomic mass is 10.1. The number of hydrogen-bond donors (Lipinski definition) is 1. The van der Waals surface area contributed by atoms with E-state index < -0.39 is 10.9 Å². The number of hydrogen-bond acceptors (Lipinski definition) is 6. The molecule has 0 unspecified atom stereocenters. The molecule has 0 radical (unpaired) electrons. The zero-order chi connectivity index (χ0) is 17.7. The van der Waals surface area contributed by atoms with Crippen molar-refractivity contribution in [2.75, 3.05) is 6.54 Å². The molecule has 1 saturated heterocycles. The molecular weight excluding hydrogens is 352 g/mol. The first-order chi connectivity index (χ1) is 11.4. The summed E-state index contributed by atoms with van der Waals surface area (Å²) in [4.78, 5) is 34.8. The van der Waals surface area contributed by atoms with E-state index in [1.165, 1.54) is 29.2 Å². The first-order valence-corrected chi connectivity index (χ1v) is 8.00. The molecule has 1 aromatic carbocycles. The maximum atomic E-state index is 12.2. The first kappa shape index (κ1) is 17.8. The molecule has 0 aromatic heterocycles. The number of amides is 1. The van der Waals surface area contributed by atoms with Crippen molar-refractivity contribution in [2.45, 2.75) is 6.42 Å². The van der Waals surface area contributed by atoms with Gasteiger partial charge in [-0.15, -0.1) is 0 Å². The van der Waals surface area contributed by atoms with E-state index in [0.29, 0.717) is 14.8 Å². The summed E-state index contributed by atoms with van der Waals surface area (Å²) in [6.45, 7) is 0.0191. The van der Waals surface area contributed by atoms with Gasteiger partial charge in [0.2, 0.25) is 0 Å². The molecule has 9 heteroatoms. The minimum atomic E-state index is -1.01. The fraction of sp³-hybridized carbons (Fsp3) is 0.133.